The normalized spacial score (nSPS) is 24.8. The van der Waals surface area contributed by atoms with Crippen molar-refractivity contribution in [3.63, 3.8) is 0 Å². The van der Waals surface area contributed by atoms with Gasteiger partial charge in [-0.1, -0.05) is 23.7 Å². The van der Waals surface area contributed by atoms with Gasteiger partial charge >= 0.3 is 0 Å². The molecule has 1 aliphatic heterocycles. The van der Waals surface area contributed by atoms with E-state index in [2.05, 4.69) is 4.72 Å². The molecule has 1 heterocycles. The Morgan fingerprint density at radius 2 is 2.00 bits per heavy atom. The lowest BCUT2D eigenvalue weighted by molar-refractivity contribution is -0.0444. The number of benzene rings is 1. The first kappa shape index (κ1) is 15.7. The van der Waals surface area contributed by atoms with Crippen LogP contribution < -0.4 is 4.72 Å². The Kier molecular flexibility index (Phi) is 5.04. The number of halogens is 1. The van der Waals surface area contributed by atoms with Gasteiger partial charge in [-0.3, -0.25) is 0 Å². The van der Waals surface area contributed by atoms with Crippen molar-refractivity contribution in [2.45, 2.75) is 32.6 Å². The fourth-order valence-electron chi connectivity index (χ4n) is 2.24. The quantitative estimate of drug-likeness (QED) is 0.920. The van der Waals surface area contributed by atoms with E-state index in [0.29, 0.717) is 18.1 Å². The molecule has 0 aromatic heterocycles. The van der Waals surface area contributed by atoms with Gasteiger partial charge in [0.15, 0.2) is 0 Å². The molecule has 7 heteroatoms. The van der Waals surface area contributed by atoms with Crippen LogP contribution in [-0.2, 0) is 21.5 Å². The largest absolute Gasteiger partial charge is 0.373 e. The Morgan fingerprint density at radius 1 is 1.35 bits per heavy atom. The van der Waals surface area contributed by atoms with Gasteiger partial charge in [0.05, 0.1) is 12.2 Å². The number of rotatable bonds is 4. The standard InChI is InChI=1S/C13H19ClN2O3S/c1-10-8-16(9-11(2)19-10)20(17,18)15-7-12-4-3-5-13(14)6-12/h3-6,10-11,15H,7-9H2,1-2H3. The average molecular weight is 319 g/mol. The van der Waals surface area contributed by atoms with Crippen LogP contribution in [0.25, 0.3) is 0 Å². The number of nitrogens with one attached hydrogen (secondary N) is 1. The van der Waals surface area contributed by atoms with E-state index in [1.54, 1.807) is 18.2 Å². The van der Waals surface area contributed by atoms with Crippen LogP contribution in [0.3, 0.4) is 0 Å². The number of hydrogen-bond donors (Lipinski definition) is 1. The van der Waals surface area contributed by atoms with Crippen LogP contribution in [0.15, 0.2) is 24.3 Å². The van der Waals surface area contributed by atoms with Gasteiger partial charge < -0.3 is 4.74 Å². The second-order valence-electron chi connectivity index (χ2n) is 5.03. The van der Waals surface area contributed by atoms with Crippen molar-refractivity contribution in [3.05, 3.63) is 34.9 Å². The topological polar surface area (TPSA) is 58.6 Å². The minimum atomic E-state index is -3.50. The molecule has 20 heavy (non-hydrogen) atoms. The minimum Gasteiger partial charge on any atom is -0.373 e. The summed E-state index contributed by atoms with van der Waals surface area (Å²) >= 11 is 5.88. The van der Waals surface area contributed by atoms with E-state index in [4.69, 9.17) is 16.3 Å². The van der Waals surface area contributed by atoms with E-state index in [1.165, 1.54) is 4.31 Å². The average Bonchev–Trinajstić information content (AvgIpc) is 2.35. The van der Waals surface area contributed by atoms with Gasteiger partial charge in [0.1, 0.15) is 0 Å². The molecule has 112 valence electrons. The fourth-order valence-corrected chi connectivity index (χ4v) is 3.80. The molecule has 1 N–H and O–H groups in total. The van der Waals surface area contributed by atoms with E-state index in [9.17, 15) is 8.42 Å². The summed E-state index contributed by atoms with van der Waals surface area (Å²) in [6.07, 6.45) is -0.192. The third kappa shape index (κ3) is 4.17. The highest BCUT2D eigenvalue weighted by Crippen LogP contribution is 2.15. The molecule has 0 radical (unpaired) electrons. The van der Waals surface area contributed by atoms with Gasteiger partial charge in [-0.2, -0.15) is 17.4 Å². The Balaban J connectivity index is 2.00. The zero-order valence-corrected chi connectivity index (χ0v) is 13.1. The minimum absolute atomic E-state index is 0.0958. The van der Waals surface area contributed by atoms with Crippen molar-refractivity contribution in [2.75, 3.05) is 13.1 Å². The Bertz CT molecular complexity index is 554. The molecule has 2 atom stereocenters. The monoisotopic (exact) mass is 318 g/mol. The van der Waals surface area contributed by atoms with Gasteiger partial charge in [-0.05, 0) is 31.5 Å². The third-order valence-corrected chi connectivity index (χ3v) is 4.80. The maximum Gasteiger partial charge on any atom is 0.279 e. The molecule has 2 unspecified atom stereocenters. The van der Waals surface area contributed by atoms with Crippen molar-refractivity contribution in [2.24, 2.45) is 0 Å². The zero-order chi connectivity index (χ0) is 14.8. The summed E-state index contributed by atoms with van der Waals surface area (Å²) in [4.78, 5) is 0. The van der Waals surface area contributed by atoms with Gasteiger partial charge in [-0.25, -0.2) is 0 Å². The lowest BCUT2D eigenvalue weighted by Crippen LogP contribution is -2.51. The third-order valence-electron chi connectivity index (χ3n) is 3.07. The van der Waals surface area contributed by atoms with Gasteiger partial charge in [0.2, 0.25) is 0 Å². The number of ether oxygens (including phenoxy) is 1. The maximum absolute atomic E-state index is 12.3. The van der Waals surface area contributed by atoms with Crippen LogP contribution >= 0.6 is 11.6 Å². The smallest absolute Gasteiger partial charge is 0.279 e. The van der Waals surface area contributed by atoms with Crippen molar-refractivity contribution >= 4 is 21.8 Å². The molecule has 5 nitrogen and oxygen atoms in total. The summed E-state index contributed by atoms with van der Waals surface area (Å²) in [7, 11) is -3.50. The number of hydrogen-bond acceptors (Lipinski definition) is 3. The molecule has 2 rings (SSSR count). The highest BCUT2D eigenvalue weighted by molar-refractivity contribution is 7.87. The van der Waals surface area contributed by atoms with Crippen molar-refractivity contribution in [1.82, 2.24) is 9.03 Å². The molecule has 0 aliphatic carbocycles. The molecular formula is C13H19ClN2O3S. The molecule has 1 aromatic carbocycles. The van der Waals surface area contributed by atoms with E-state index in [0.717, 1.165) is 5.56 Å². The lowest BCUT2D eigenvalue weighted by Gasteiger charge is -2.34. The predicted molar refractivity (Wildman–Crippen MR) is 78.8 cm³/mol. The lowest BCUT2D eigenvalue weighted by atomic mass is 10.2. The second kappa shape index (κ2) is 6.41. The van der Waals surface area contributed by atoms with Crippen LogP contribution in [0.1, 0.15) is 19.4 Å². The molecule has 0 amide bonds. The summed E-state index contributed by atoms with van der Waals surface area (Å²) in [5.41, 5.74) is 0.829. The first-order valence-electron chi connectivity index (χ1n) is 6.51. The molecule has 0 spiro atoms. The number of morpholine rings is 1. The first-order valence-corrected chi connectivity index (χ1v) is 8.33. The Morgan fingerprint density at radius 3 is 2.60 bits per heavy atom. The Hall–Kier alpha value is -0.660. The molecule has 1 aliphatic rings. The van der Waals surface area contributed by atoms with Crippen LogP contribution in [0.5, 0.6) is 0 Å². The van der Waals surface area contributed by atoms with Crippen molar-refractivity contribution in [3.8, 4) is 0 Å². The van der Waals surface area contributed by atoms with Crippen LogP contribution in [0.2, 0.25) is 5.02 Å². The summed E-state index contributed by atoms with van der Waals surface area (Å²) in [6.45, 7) is 4.71. The van der Waals surface area contributed by atoms with E-state index < -0.39 is 10.2 Å². The van der Waals surface area contributed by atoms with Crippen LogP contribution in [-0.4, -0.2) is 38.0 Å². The van der Waals surface area contributed by atoms with Crippen molar-refractivity contribution in [1.29, 1.82) is 0 Å². The summed E-state index contributed by atoms with van der Waals surface area (Å²) < 4.78 is 34.1. The molecular weight excluding hydrogens is 300 g/mol. The predicted octanol–water partition coefficient (Wildman–Crippen LogP) is 1.78. The van der Waals surface area contributed by atoms with Gasteiger partial charge in [0, 0.05) is 24.7 Å². The summed E-state index contributed by atoms with van der Waals surface area (Å²) in [6, 6.07) is 7.13. The second-order valence-corrected chi connectivity index (χ2v) is 7.22. The highest BCUT2D eigenvalue weighted by Gasteiger charge is 2.30. The fraction of sp³-hybridized carbons (Fsp3) is 0.538. The maximum atomic E-state index is 12.3. The SMILES string of the molecule is CC1CN(S(=O)(=O)NCc2cccc(Cl)c2)CC(C)O1. The molecule has 1 fully saturated rings. The number of nitrogens with zero attached hydrogens (tertiary/aromatic N) is 1. The van der Waals surface area contributed by atoms with Crippen LogP contribution in [0, 0.1) is 0 Å². The molecule has 0 bridgehead atoms. The van der Waals surface area contributed by atoms with Gasteiger partial charge in [-0.15, -0.1) is 0 Å². The molecule has 1 saturated heterocycles. The van der Waals surface area contributed by atoms with Gasteiger partial charge in [0.25, 0.3) is 10.2 Å². The first-order chi connectivity index (χ1) is 9.37. The summed E-state index contributed by atoms with van der Waals surface area (Å²) in [5.74, 6) is 0. The molecule has 0 saturated carbocycles. The van der Waals surface area contributed by atoms with E-state index >= 15 is 0 Å². The van der Waals surface area contributed by atoms with Crippen molar-refractivity contribution < 1.29 is 13.2 Å². The zero-order valence-electron chi connectivity index (χ0n) is 11.5. The van der Waals surface area contributed by atoms with E-state index in [-0.39, 0.29) is 18.8 Å². The Labute approximate surface area is 125 Å². The molecule has 1 aromatic rings. The van der Waals surface area contributed by atoms with E-state index in [1.807, 2.05) is 19.9 Å². The summed E-state index contributed by atoms with van der Waals surface area (Å²) in [5, 5.41) is 0.593. The van der Waals surface area contributed by atoms with Crippen LogP contribution in [0.4, 0.5) is 0 Å². The highest BCUT2D eigenvalue weighted by atomic mass is 35.5.